The monoisotopic (exact) mass is 417 g/mol. The summed E-state index contributed by atoms with van der Waals surface area (Å²) in [5, 5.41) is 3.70. The molecule has 7 heteroatoms. The predicted octanol–water partition coefficient (Wildman–Crippen LogP) is 3.83. The number of H-pyrrole nitrogens is 1. The van der Waals surface area contributed by atoms with E-state index in [1.165, 1.54) is 0 Å². The van der Waals surface area contributed by atoms with Crippen molar-refractivity contribution in [3.8, 4) is 0 Å². The van der Waals surface area contributed by atoms with Crippen molar-refractivity contribution < 1.29 is 19.1 Å². The third-order valence-corrected chi connectivity index (χ3v) is 6.15. The van der Waals surface area contributed by atoms with E-state index >= 15 is 0 Å². The van der Waals surface area contributed by atoms with Gasteiger partial charge in [-0.05, 0) is 51.0 Å². The van der Waals surface area contributed by atoms with E-state index in [0.29, 0.717) is 16.8 Å². The van der Waals surface area contributed by atoms with Crippen molar-refractivity contribution in [2.24, 2.45) is 0 Å². The second-order valence-electron chi connectivity index (χ2n) is 8.15. The second-order valence-corrected chi connectivity index (χ2v) is 8.15. The first kappa shape index (κ1) is 19.4. The lowest BCUT2D eigenvalue weighted by Crippen LogP contribution is -2.43. The van der Waals surface area contributed by atoms with Crippen LogP contribution in [0.3, 0.4) is 0 Å². The van der Waals surface area contributed by atoms with Crippen LogP contribution in [0, 0.1) is 6.92 Å². The molecule has 0 saturated carbocycles. The van der Waals surface area contributed by atoms with Gasteiger partial charge in [-0.1, -0.05) is 18.2 Å². The van der Waals surface area contributed by atoms with Crippen molar-refractivity contribution in [1.29, 1.82) is 0 Å². The van der Waals surface area contributed by atoms with Gasteiger partial charge in [-0.25, -0.2) is 4.79 Å². The average Bonchev–Trinajstić information content (AvgIpc) is 3.37. The van der Waals surface area contributed by atoms with Crippen LogP contribution in [0.2, 0.25) is 0 Å². The van der Waals surface area contributed by atoms with Gasteiger partial charge in [0.25, 0.3) is 0 Å². The molecule has 5 rings (SSSR count). The van der Waals surface area contributed by atoms with Crippen LogP contribution in [-0.2, 0) is 9.53 Å². The van der Waals surface area contributed by atoms with E-state index < -0.39 is 12.1 Å². The van der Waals surface area contributed by atoms with E-state index in [-0.39, 0.29) is 17.7 Å². The molecule has 0 radical (unpaired) electrons. The van der Waals surface area contributed by atoms with Gasteiger partial charge in [-0.3, -0.25) is 9.59 Å². The lowest BCUT2D eigenvalue weighted by Gasteiger charge is -2.33. The molecular formula is C24H23N3O4. The number of nitrogens with zero attached hydrogens (tertiary/aromatic N) is 1. The molecule has 2 aliphatic heterocycles. The molecule has 1 aromatic heterocycles. The normalized spacial score (nSPS) is 18.3. The number of fused-ring (bicyclic) bond motifs is 4. The molecule has 3 aromatic rings. The molecule has 31 heavy (non-hydrogen) atoms. The summed E-state index contributed by atoms with van der Waals surface area (Å²) in [7, 11) is 0. The minimum Gasteiger partial charge on any atom is -0.451 e. The number of carbonyl (C=O) groups excluding carboxylic acids is 3. The van der Waals surface area contributed by atoms with Crippen molar-refractivity contribution >= 4 is 39.9 Å². The maximum atomic E-state index is 13.0. The number of aromatic amines is 1. The molecule has 0 spiro atoms. The first-order chi connectivity index (χ1) is 14.9. The van der Waals surface area contributed by atoms with Crippen LogP contribution in [0.1, 0.15) is 46.2 Å². The number of benzene rings is 2. The predicted molar refractivity (Wildman–Crippen MR) is 118 cm³/mol. The zero-order chi connectivity index (χ0) is 21.7. The van der Waals surface area contributed by atoms with E-state index in [4.69, 9.17) is 4.74 Å². The van der Waals surface area contributed by atoms with Crippen molar-refractivity contribution in [1.82, 2.24) is 4.98 Å². The van der Waals surface area contributed by atoms with Gasteiger partial charge < -0.3 is 19.9 Å². The molecule has 7 nitrogen and oxygen atoms in total. The fourth-order valence-electron chi connectivity index (χ4n) is 4.64. The topological polar surface area (TPSA) is 91.5 Å². The molecule has 1 amide bonds. The molecule has 3 heterocycles. The molecule has 1 fully saturated rings. The number of anilines is 2. The Morgan fingerprint density at radius 2 is 2.00 bits per heavy atom. The van der Waals surface area contributed by atoms with Gasteiger partial charge in [0.1, 0.15) is 6.04 Å². The van der Waals surface area contributed by atoms with Crippen LogP contribution in [0.4, 0.5) is 11.4 Å². The number of para-hydroxylation sites is 1. The second kappa shape index (κ2) is 7.27. The van der Waals surface area contributed by atoms with Crippen molar-refractivity contribution in [2.45, 2.75) is 38.8 Å². The van der Waals surface area contributed by atoms with E-state index in [0.717, 1.165) is 41.7 Å². The summed E-state index contributed by atoms with van der Waals surface area (Å²) in [4.78, 5) is 43.4. The Kier molecular flexibility index (Phi) is 4.54. The molecule has 2 N–H and O–H groups in total. The maximum Gasteiger partial charge on any atom is 0.338 e. The summed E-state index contributed by atoms with van der Waals surface area (Å²) in [6.07, 6.45) is 0.856. The number of nitrogens with one attached hydrogen (secondary N) is 2. The number of hydrogen-bond donors (Lipinski definition) is 2. The minimum absolute atomic E-state index is 0.0473. The molecule has 1 saturated heterocycles. The van der Waals surface area contributed by atoms with E-state index in [1.807, 2.05) is 37.3 Å². The van der Waals surface area contributed by atoms with Gasteiger partial charge >= 0.3 is 5.97 Å². The van der Waals surface area contributed by atoms with E-state index in [9.17, 15) is 14.4 Å². The van der Waals surface area contributed by atoms with Crippen LogP contribution < -0.4 is 10.2 Å². The number of hydrogen-bond acceptors (Lipinski definition) is 5. The molecule has 0 unspecified atom stereocenters. The highest BCUT2D eigenvalue weighted by Gasteiger charge is 2.36. The summed E-state index contributed by atoms with van der Waals surface area (Å²) in [5.41, 5.74) is 3.96. The third-order valence-electron chi connectivity index (χ3n) is 6.15. The maximum absolute atomic E-state index is 13.0. The molecule has 158 valence electrons. The van der Waals surface area contributed by atoms with Gasteiger partial charge in [0.2, 0.25) is 11.7 Å². The van der Waals surface area contributed by atoms with Gasteiger partial charge in [0.15, 0.2) is 6.10 Å². The molecule has 2 aliphatic rings. The smallest absolute Gasteiger partial charge is 0.338 e. The highest BCUT2D eigenvalue weighted by atomic mass is 16.5. The SMILES string of the molecule is Cc1[nH]c2ccccc2c1C(=O)[C@H](C)OC(=O)c1ccc2c(c1)NC(=O)[C@@H]1CCCN21. The van der Waals surface area contributed by atoms with Crippen LogP contribution in [0.15, 0.2) is 42.5 Å². The molecule has 0 aliphatic carbocycles. The fourth-order valence-corrected chi connectivity index (χ4v) is 4.64. The van der Waals surface area contributed by atoms with E-state index in [1.54, 1.807) is 19.1 Å². The Morgan fingerprint density at radius 3 is 2.84 bits per heavy atom. The van der Waals surface area contributed by atoms with Gasteiger partial charge in [0.05, 0.1) is 16.9 Å². The van der Waals surface area contributed by atoms with Crippen LogP contribution in [0.25, 0.3) is 10.9 Å². The van der Waals surface area contributed by atoms with Gasteiger partial charge in [-0.2, -0.15) is 0 Å². The molecule has 2 aromatic carbocycles. The van der Waals surface area contributed by atoms with Crippen molar-refractivity contribution in [2.75, 3.05) is 16.8 Å². The van der Waals surface area contributed by atoms with E-state index in [2.05, 4.69) is 15.2 Å². The van der Waals surface area contributed by atoms with Gasteiger partial charge in [-0.15, -0.1) is 0 Å². The standard InChI is InChI=1S/C24H23N3O4/c1-13-21(16-6-3-4-7-17(16)25-13)22(28)14(2)31-24(30)15-9-10-19-18(12-15)26-23(29)20-8-5-11-27(19)20/h3-4,6-7,9-10,12,14,20,25H,5,8,11H2,1-2H3,(H,26,29)/t14-,20-/m0/s1. The average molecular weight is 417 g/mol. The Morgan fingerprint density at radius 1 is 1.19 bits per heavy atom. The van der Waals surface area contributed by atoms with Gasteiger partial charge in [0, 0.05) is 28.7 Å². The zero-order valence-electron chi connectivity index (χ0n) is 17.4. The third kappa shape index (κ3) is 3.17. The number of aromatic nitrogens is 1. The zero-order valence-corrected chi connectivity index (χ0v) is 17.4. The number of carbonyl (C=O) groups is 3. The lowest BCUT2D eigenvalue weighted by molar-refractivity contribution is -0.117. The number of ether oxygens (including phenoxy) is 1. The Bertz CT molecular complexity index is 1230. The molecular weight excluding hydrogens is 394 g/mol. The molecule has 2 atom stereocenters. The quantitative estimate of drug-likeness (QED) is 0.497. The largest absolute Gasteiger partial charge is 0.451 e. The number of amides is 1. The Labute approximate surface area is 179 Å². The summed E-state index contributed by atoms with van der Waals surface area (Å²) in [6.45, 7) is 4.24. The van der Waals surface area contributed by atoms with Crippen LogP contribution in [0.5, 0.6) is 0 Å². The highest BCUT2D eigenvalue weighted by molar-refractivity contribution is 6.12. The summed E-state index contributed by atoms with van der Waals surface area (Å²) in [5.74, 6) is -0.901. The first-order valence-corrected chi connectivity index (χ1v) is 10.5. The molecule has 0 bridgehead atoms. The number of aryl methyl sites for hydroxylation is 1. The number of rotatable bonds is 4. The Balaban J connectivity index is 1.36. The summed E-state index contributed by atoms with van der Waals surface area (Å²) >= 11 is 0. The number of ketones is 1. The van der Waals surface area contributed by atoms with Crippen LogP contribution in [-0.4, -0.2) is 41.3 Å². The minimum atomic E-state index is -0.945. The number of Topliss-reactive ketones (excluding diaryl/α,β-unsaturated/α-hetero) is 1. The highest BCUT2D eigenvalue weighted by Crippen LogP contribution is 2.37. The fraction of sp³-hybridized carbons (Fsp3) is 0.292. The summed E-state index contributed by atoms with van der Waals surface area (Å²) in [6, 6.07) is 12.5. The number of esters is 1. The Hall–Kier alpha value is -3.61. The first-order valence-electron chi connectivity index (χ1n) is 10.5. The van der Waals surface area contributed by atoms with Crippen molar-refractivity contribution in [3.63, 3.8) is 0 Å². The van der Waals surface area contributed by atoms with Crippen molar-refractivity contribution in [3.05, 3.63) is 59.3 Å². The summed E-state index contributed by atoms with van der Waals surface area (Å²) < 4.78 is 5.50. The lowest BCUT2D eigenvalue weighted by atomic mass is 10.0. The van der Waals surface area contributed by atoms with Crippen LogP contribution >= 0.6 is 0 Å².